The van der Waals surface area contributed by atoms with Crippen LogP contribution in [-0.2, 0) is 12.8 Å². The van der Waals surface area contributed by atoms with E-state index in [-0.39, 0.29) is 0 Å². The van der Waals surface area contributed by atoms with Gasteiger partial charge >= 0.3 is 0 Å². The van der Waals surface area contributed by atoms with Crippen molar-refractivity contribution in [1.82, 2.24) is 14.9 Å². The Morgan fingerprint density at radius 2 is 2.19 bits per heavy atom. The third-order valence-corrected chi connectivity index (χ3v) is 5.81. The van der Waals surface area contributed by atoms with E-state index in [9.17, 15) is 0 Å². The molecule has 144 valence electrons. The molecule has 0 bridgehead atoms. The Kier molecular flexibility index (Phi) is 5.30. The van der Waals surface area contributed by atoms with Crippen molar-refractivity contribution < 1.29 is 9.47 Å². The van der Waals surface area contributed by atoms with Gasteiger partial charge in [-0.1, -0.05) is 6.07 Å². The van der Waals surface area contributed by atoms with E-state index in [2.05, 4.69) is 41.1 Å². The molecule has 0 aliphatic carbocycles. The molecule has 0 aromatic carbocycles. The maximum Gasteiger partial charge on any atom is 0.216 e. The Hall–Kier alpha value is -2.14. The largest absolute Gasteiger partial charge is 0.481 e. The molecule has 1 unspecified atom stereocenters. The molecule has 5 nitrogen and oxygen atoms in total. The van der Waals surface area contributed by atoms with Crippen LogP contribution in [0.3, 0.4) is 0 Å². The van der Waals surface area contributed by atoms with Gasteiger partial charge in [0.1, 0.15) is 0 Å². The van der Waals surface area contributed by atoms with Gasteiger partial charge in [-0.3, -0.25) is 4.90 Å². The highest BCUT2D eigenvalue weighted by atomic mass is 16.5. The van der Waals surface area contributed by atoms with E-state index in [0.29, 0.717) is 17.8 Å². The fourth-order valence-corrected chi connectivity index (χ4v) is 4.29. The number of aryl methyl sites for hydroxylation is 2. The zero-order valence-electron chi connectivity index (χ0n) is 16.6. The summed E-state index contributed by atoms with van der Waals surface area (Å²) in [5, 5.41) is 0. The van der Waals surface area contributed by atoms with E-state index in [1.165, 1.54) is 17.5 Å². The zero-order chi connectivity index (χ0) is 18.8. The molecule has 2 aromatic heterocycles. The first-order chi connectivity index (χ1) is 13.1. The number of rotatable bonds is 5. The van der Waals surface area contributed by atoms with Gasteiger partial charge in [0.2, 0.25) is 11.8 Å². The van der Waals surface area contributed by atoms with Crippen molar-refractivity contribution in [2.45, 2.75) is 45.6 Å². The summed E-state index contributed by atoms with van der Waals surface area (Å²) in [5.74, 6) is 2.22. The van der Waals surface area contributed by atoms with Gasteiger partial charge in [-0.15, -0.1) is 0 Å². The van der Waals surface area contributed by atoms with Crippen LogP contribution in [0.2, 0.25) is 0 Å². The number of pyridine rings is 2. The lowest BCUT2D eigenvalue weighted by atomic mass is 9.99. The molecule has 0 radical (unpaired) electrons. The molecule has 4 rings (SSSR count). The first-order valence-corrected chi connectivity index (χ1v) is 10.0. The lowest BCUT2D eigenvalue weighted by Gasteiger charge is -2.25. The Bertz CT molecular complexity index is 808. The first-order valence-electron chi connectivity index (χ1n) is 10.0. The molecule has 1 fully saturated rings. The maximum atomic E-state index is 5.76. The molecule has 27 heavy (non-hydrogen) atoms. The van der Waals surface area contributed by atoms with E-state index in [1.807, 2.05) is 6.92 Å². The van der Waals surface area contributed by atoms with Crippen LogP contribution in [0.4, 0.5) is 0 Å². The van der Waals surface area contributed by atoms with Crippen molar-refractivity contribution in [1.29, 1.82) is 0 Å². The second kappa shape index (κ2) is 7.85. The van der Waals surface area contributed by atoms with E-state index < -0.39 is 0 Å². The SMILES string of the molecule is COc1cc(C[C@H]2CCN(C(C)c3ccc4c(n3)OCCC4)C2)cc(C)n1. The fourth-order valence-electron chi connectivity index (χ4n) is 4.29. The highest BCUT2D eigenvalue weighted by Crippen LogP contribution is 2.31. The van der Waals surface area contributed by atoms with Gasteiger partial charge in [-0.05, 0) is 69.7 Å². The summed E-state index contributed by atoms with van der Waals surface area (Å²) in [6.45, 7) is 7.30. The summed E-state index contributed by atoms with van der Waals surface area (Å²) in [5.41, 5.74) is 4.71. The van der Waals surface area contributed by atoms with Crippen molar-refractivity contribution >= 4 is 0 Å². The Morgan fingerprint density at radius 1 is 1.30 bits per heavy atom. The van der Waals surface area contributed by atoms with Crippen molar-refractivity contribution in [3.8, 4) is 11.8 Å². The molecule has 2 aliphatic rings. The molecule has 5 heteroatoms. The zero-order valence-corrected chi connectivity index (χ0v) is 16.6. The number of aromatic nitrogens is 2. The predicted octanol–water partition coefficient (Wildman–Crippen LogP) is 3.74. The van der Waals surface area contributed by atoms with Gasteiger partial charge in [0.15, 0.2) is 0 Å². The minimum absolute atomic E-state index is 0.319. The lowest BCUT2D eigenvalue weighted by Crippen LogP contribution is -2.26. The molecule has 4 heterocycles. The van der Waals surface area contributed by atoms with E-state index in [1.54, 1.807) is 7.11 Å². The smallest absolute Gasteiger partial charge is 0.216 e. The second-order valence-electron chi connectivity index (χ2n) is 7.84. The average Bonchev–Trinajstić information content (AvgIpc) is 3.15. The van der Waals surface area contributed by atoms with Crippen molar-refractivity contribution in [3.05, 3.63) is 46.8 Å². The summed E-state index contributed by atoms with van der Waals surface area (Å²) in [7, 11) is 1.68. The molecule has 0 spiro atoms. The van der Waals surface area contributed by atoms with Crippen molar-refractivity contribution in [3.63, 3.8) is 0 Å². The molecular weight excluding hydrogens is 338 g/mol. The fraction of sp³-hybridized carbons (Fsp3) is 0.545. The predicted molar refractivity (Wildman–Crippen MR) is 105 cm³/mol. The highest BCUT2D eigenvalue weighted by Gasteiger charge is 2.28. The van der Waals surface area contributed by atoms with Crippen molar-refractivity contribution in [2.24, 2.45) is 5.92 Å². The number of likely N-dealkylation sites (tertiary alicyclic amines) is 1. The van der Waals surface area contributed by atoms with Crippen LogP contribution >= 0.6 is 0 Å². The van der Waals surface area contributed by atoms with Crippen LogP contribution in [0.5, 0.6) is 11.8 Å². The monoisotopic (exact) mass is 367 g/mol. The molecule has 2 atom stereocenters. The minimum Gasteiger partial charge on any atom is -0.481 e. The quantitative estimate of drug-likeness (QED) is 0.806. The number of hydrogen-bond donors (Lipinski definition) is 0. The topological polar surface area (TPSA) is 47.5 Å². The third-order valence-electron chi connectivity index (χ3n) is 5.81. The van der Waals surface area contributed by atoms with Gasteiger partial charge in [0.05, 0.1) is 19.4 Å². The number of nitrogens with zero attached hydrogens (tertiary/aromatic N) is 3. The number of methoxy groups -OCH3 is 1. The van der Waals surface area contributed by atoms with E-state index in [0.717, 1.165) is 56.2 Å². The van der Waals surface area contributed by atoms with Gasteiger partial charge in [-0.2, -0.15) is 0 Å². The molecule has 0 N–H and O–H groups in total. The maximum absolute atomic E-state index is 5.76. The summed E-state index contributed by atoms with van der Waals surface area (Å²) >= 11 is 0. The average molecular weight is 367 g/mol. The number of fused-ring (bicyclic) bond motifs is 1. The highest BCUT2D eigenvalue weighted by molar-refractivity contribution is 5.31. The molecule has 0 amide bonds. The Labute approximate surface area is 161 Å². The minimum atomic E-state index is 0.319. The van der Waals surface area contributed by atoms with Gasteiger partial charge in [0.25, 0.3) is 0 Å². The molecule has 2 aliphatic heterocycles. The Balaban J connectivity index is 1.41. The number of ether oxygens (including phenoxy) is 2. The Morgan fingerprint density at radius 3 is 3.04 bits per heavy atom. The first kappa shape index (κ1) is 18.2. The summed E-state index contributed by atoms with van der Waals surface area (Å²) in [6.07, 6.45) is 4.47. The summed E-state index contributed by atoms with van der Waals surface area (Å²) in [6, 6.07) is 8.95. The van der Waals surface area contributed by atoms with Gasteiger partial charge in [-0.25, -0.2) is 9.97 Å². The normalized spacial score (nSPS) is 20.8. The van der Waals surface area contributed by atoms with Crippen LogP contribution in [0.15, 0.2) is 24.3 Å². The van der Waals surface area contributed by atoms with E-state index >= 15 is 0 Å². The lowest BCUT2D eigenvalue weighted by molar-refractivity contribution is 0.240. The molecule has 2 aromatic rings. The van der Waals surface area contributed by atoms with Crippen LogP contribution < -0.4 is 9.47 Å². The third kappa shape index (κ3) is 4.08. The van der Waals surface area contributed by atoms with Gasteiger partial charge < -0.3 is 9.47 Å². The van der Waals surface area contributed by atoms with Crippen LogP contribution in [0, 0.1) is 12.8 Å². The van der Waals surface area contributed by atoms with E-state index in [4.69, 9.17) is 14.5 Å². The standard InChI is InChI=1S/C22H29N3O2/c1-15-11-18(13-21(23-15)26-3)12-17-8-9-25(14-17)16(2)20-7-6-19-5-4-10-27-22(19)24-20/h6-7,11,13,16-17H,4-5,8-10,12,14H2,1-3H3/t16?,17-/m1/s1. The van der Waals surface area contributed by atoms with Crippen molar-refractivity contribution in [2.75, 3.05) is 26.8 Å². The number of hydrogen-bond acceptors (Lipinski definition) is 5. The van der Waals surface area contributed by atoms with Gasteiger partial charge in [0, 0.05) is 29.9 Å². The van der Waals surface area contributed by atoms with Crippen LogP contribution in [-0.4, -0.2) is 41.7 Å². The van der Waals surface area contributed by atoms with Crippen LogP contribution in [0.1, 0.15) is 48.3 Å². The summed E-state index contributed by atoms with van der Waals surface area (Å²) in [4.78, 5) is 11.8. The molecule has 0 saturated carbocycles. The summed E-state index contributed by atoms with van der Waals surface area (Å²) < 4.78 is 11.1. The second-order valence-corrected chi connectivity index (χ2v) is 7.84. The molecular formula is C22H29N3O2. The molecule has 1 saturated heterocycles. The van der Waals surface area contributed by atoms with Crippen LogP contribution in [0.25, 0.3) is 0 Å².